The van der Waals surface area contributed by atoms with Crippen LogP contribution in [0.15, 0.2) is 0 Å². The van der Waals surface area contributed by atoms with Crippen molar-refractivity contribution in [2.24, 2.45) is 28.7 Å². The number of hydrogen-bond donors (Lipinski definition) is 5. The van der Waals surface area contributed by atoms with Crippen molar-refractivity contribution < 1.29 is 9.47 Å². The van der Waals surface area contributed by atoms with E-state index in [9.17, 15) is 0 Å². The van der Waals surface area contributed by atoms with Gasteiger partial charge in [-0.3, -0.25) is 38.1 Å². The number of nitrogens with two attached hydrogens (primary N) is 5. The fourth-order valence-electron chi connectivity index (χ4n) is 0.797. The molecule has 0 bridgehead atoms. The molecular formula is C4H13N5O2. The van der Waals surface area contributed by atoms with Gasteiger partial charge >= 0.3 is 0 Å². The zero-order chi connectivity index (χ0) is 8.91. The van der Waals surface area contributed by atoms with Crippen LogP contribution in [0.25, 0.3) is 0 Å². The maximum absolute atomic E-state index is 5.47. The SMILES string of the molecule is C[C@]1(N)OC(N)(N)OC1(N)N. The van der Waals surface area contributed by atoms with Gasteiger partial charge in [0, 0.05) is 0 Å². The molecule has 0 saturated carbocycles. The predicted octanol–water partition coefficient (Wildman–Crippen LogP) is -3.19. The molecule has 1 heterocycles. The Kier molecular flexibility index (Phi) is 1.52. The van der Waals surface area contributed by atoms with Crippen LogP contribution in [-0.2, 0) is 9.47 Å². The van der Waals surface area contributed by atoms with Gasteiger partial charge in [-0.1, -0.05) is 0 Å². The highest BCUT2D eigenvalue weighted by Crippen LogP contribution is 2.28. The van der Waals surface area contributed by atoms with Crippen molar-refractivity contribution in [3.63, 3.8) is 0 Å². The Bertz CT molecular complexity index is 159. The molecule has 7 nitrogen and oxygen atoms in total. The lowest BCUT2D eigenvalue weighted by atomic mass is 10.2. The van der Waals surface area contributed by atoms with Gasteiger partial charge in [0.1, 0.15) is 0 Å². The monoisotopic (exact) mass is 163 g/mol. The topological polar surface area (TPSA) is 149 Å². The Morgan fingerprint density at radius 3 is 1.45 bits per heavy atom. The third-order valence-electron chi connectivity index (χ3n) is 1.48. The van der Waals surface area contributed by atoms with Gasteiger partial charge in [0.2, 0.25) is 5.85 Å². The highest BCUT2D eigenvalue weighted by Gasteiger charge is 2.56. The summed E-state index contributed by atoms with van der Waals surface area (Å²) in [5.41, 5.74) is 25.3. The van der Waals surface area contributed by atoms with Crippen LogP contribution in [0.1, 0.15) is 6.92 Å². The van der Waals surface area contributed by atoms with Crippen molar-refractivity contribution in [2.45, 2.75) is 24.5 Å². The molecule has 0 unspecified atom stereocenters. The number of hydrogen-bond acceptors (Lipinski definition) is 7. The highest BCUT2D eigenvalue weighted by atomic mass is 16.8. The molecule has 0 aromatic rings. The maximum Gasteiger partial charge on any atom is 0.291 e. The van der Waals surface area contributed by atoms with Crippen LogP contribution in [0.3, 0.4) is 0 Å². The zero-order valence-electron chi connectivity index (χ0n) is 6.20. The van der Waals surface area contributed by atoms with Crippen LogP contribution in [0, 0.1) is 0 Å². The van der Waals surface area contributed by atoms with Crippen molar-refractivity contribution in [1.82, 2.24) is 0 Å². The van der Waals surface area contributed by atoms with Crippen molar-refractivity contribution in [1.29, 1.82) is 0 Å². The van der Waals surface area contributed by atoms with Crippen LogP contribution in [0.4, 0.5) is 0 Å². The molecule has 1 aliphatic rings. The Balaban J connectivity index is 2.89. The van der Waals surface area contributed by atoms with Gasteiger partial charge < -0.3 is 0 Å². The molecule has 1 rings (SSSR count). The van der Waals surface area contributed by atoms with Crippen LogP contribution < -0.4 is 28.7 Å². The van der Waals surface area contributed by atoms with Crippen LogP contribution >= 0.6 is 0 Å². The van der Waals surface area contributed by atoms with Crippen molar-refractivity contribution in [3.05, 3.63) is 0 Å². The second kappa shape index (κ2) is 1.90. The largest absolute Gasteiger partial charge is 0.299 e. The van der Waals surface area contributed by atoms with E-state index in [1.54, 1.807) is 0 Å². The summed E-state index contributed by atoms with van der Waals surface area (Å²) in [6.45, 7) is 1.43. The first-order valence-electron chi connectivity index (χ1n) is 3.01. The van der Waals surface area contributed by atoms with E-state index < -0.39 is 17.6 Å². The molecule has 1 aliphatic heterocycles. The first kappa shape index (κ1) is 8.81. The van der Waals surface area contributed by atoms with E-state index >= 15 is 0 Å². The van der Waals surface area contributed by atoms with Crippen molar-refractivity contribution >= 4 is 0 Å². The molecule has 0 amide bonds. The summed E-state index contributed by atoms with van der Waals surface area (Å²) in [5.74, 6) is -1.67. The summed E-state index contributed by atoms with van der Waals surface area (Å²) >= 11 is 0. The van der Waals surface area contributed by atoms with Gasteiger partial charge in [0.15, 0.2) is 5.72 Å². The molecule has 1 atom stereocenters. The molecule has 0 aliphatic carbocycles. The molecule has 1 saturated heterocycles. The lowest BCUT2D eigenvalue weighted by molar-refractivity contribution is -0.185. The Labute approximate surface area is 63.8 Å². The quantitative estimate of drug-likeness (QED) is 0.236. The summed E-state index contributed by atoms with van der Waals surface area (Å²) in [7, 11) is 0. The maximum atomic E-state index is 5.47. The first-order chi connectivity index (χ1) is 4.66. The van der Waals surface area contributed by atoms with Crippen LogP contribution in [-0.4, -0.2) is 17.6 Å². The van der Waals surface area contributed by atoms with Crippen LogP contribution in [0.5, 0.6) is 0 Å². The van der Waals surface area contributed by atoms with E-state index in [0.29, 0.717) is 0 Å². The Hall–Kier alpha value is -0.280. The van der Waals surface area contributed by atoms with Crippen LogP contribution in [0.2, 0.25) is 0 Å². The van der Waals surface area contributed by atoms with E-state index in [0.717, 1.165) is 0 Å². The lowest BCUT2D eigenvalue weighted by Gasteiger charge is -2.28. The molecule has 66 valence electrons. The third kappa shape index (κ3) is 1.35. The fraction of sp³-hybridized carbons (Fsp3) is 1.00. The van der Waals surface area contributed by atoms with E-state index in [2.05, 4.69) is 0 Å². The van der Waals surface area contributed by atoms with Gasteiger partial charge in [0.05, 0.1) is 0 Å². The Morgan fingerprint density at radius 1 is 0.909 bits per heavy atom. The first-order valence-corrected chi connectivity index (χ1v) is 3.01. The standard InChI is InChI=1S/C4H13N5O2/c1-2(5)3(6,7)11-4(8,9)10-2/h5-9H2,1H3/t2-/m0/s1. The fourth-order valence-corrected chi connectivity index (χ4v) is 0.797. The minimum atomic E-state index is -1.81. The summed E-state index contributed by atoms with van der Waals surface area (Å²) < 4.78 is 9.53. The zero-order valence-corrected chi connectivity index (χ0v) is 6.20. The summed E-state index contributed by atoms with van der Waals surface area (Å²) in [5, 5.41) is 0. The predicted molar refractivity (Wildman–Crippen MR) is 37.0 cm³/mol. The average Bonchev–Trinajstić information content (AvgIpc) is 1.66. The number of rotatable bonds is 0. The van der Waals surface area contributed by atoms with Crippen molar-refractivity contribution in [3.8, 4) is 0 Å². The molecule has 11 heavy (non-hydrogen) atoms. The van der Waals surface area contributed by atoms with Crippen molar-refractivity contribution in [2.75, 3.05) is 0 Å². The van der Waals surface area contributed by atoms with Gasteiger partial charge in [-0.15, -0.1) is 0 Å². The molecular weight excluding hydrogens is 150 g/mol. The van der Waals surface area contributed by atoms with E-state index in [1.807, 2.05) is 0 Å². The molecule has 7 heteroatoms. The van der Waals surface area contributed by atoms with Gasteiger partial charge in [-0.25, -0.2) is 0 Å². The van der Waals surface area contributed by atoms with Gasteiger partial charge in [-0.05, 0) is 6.92 Å². The average molecular weight is 163 g/mol. The minimum Gasteiger partial charge on any atom is -0.299 e. The number of ether oxygens (including phenoxy) is 2. The molecule has 0 aromatic carbocycles. The molecule has 0 radical (unpaired) electrons. The lowest BCUT2D eigenvalue weighted by Crippen LogP contribution is -2.68. The molecule has 0 spiro atoms. The highest BCUT2D eigenvalue weighted by molar-refractivity contribution is 4.92. The minimum absolute atomic E-state index is 1.39. The summed E-state index contributed by atoms with van der Waals surface area (Å²) in [6.07, 6.45) is 0. The Morgan fingerprint density at radius 2 is 1.36 bits per heavy atom. The van der Waals surface area contributed by atoms with Gasteiger partial charge in [0.25, 0.3) is 6.03 Å². The normalized spacial score (nSPS) is 40.9. The smallest absolute Gasteiger partial charge is 0.291 e. The molecule has 0 aromatic heterocycles. The third-order valence-corrected chi connectivity index (χ3v) is 1.48. The molecule has 10 N–H and O–H groups in total. The van der Waals surface area contributed by atoms with E-state index in [4.69, 9.17) is 38.1 Å². The van der Waals surface area contributed by atoms with E-state index in [-0.39, 0.29) is 0 Å². The second-order valence-electron chi connectivity index (χ2n) is 2.83. The summed E-state index contributed by atoms with van der Waals surface area (Å²) in [4.78, 5) is 0. The van der Waals surface area contributed by atoms with Gasteiger partial charge in [-0.2, -0.15) is 0 Å². The molecule has 1 fully saturated rings. The van der Waals surface area contributed by atoms with E-state index in [1.165, 1.54) is 6.92 Å². The second-order valence-corrected chi connectivity index (χ2v) is 2.83. The summed E-state index contributed by atoms with van der Waals surface area (Å²) in [6, 6.07) is -1.81.